The molecular weight excluding hydrogens is 540 g/mol. The molecule has 0 fully saturated rings. The number of hydrogen-bond donors (Lipinski definition) is 3. The fourth-order valence-electron chi connectivity index (χ4n) is 4.96. The molecule has 0 spiro atoms. The van der Waals surface area contributed by atoms with Crippen LogP contribution in [0.15, 0.2) is 66.9 Å². The molecule has 4 aromatic rings. The predicted octanol–water partition coefficient (Wildman–Crippen LogP) is 6.78. The van der Waals surface area contributed by atoms with Crippen LogP contribution in [-0.4, -0.2) is 33.6 Å². The number of fused-ring (bicyclic) bond motifs is 1. The molecule has 9 heteroatoms. The molecule has 0 radical (unpaired) electrons. The van der Waals surface area contributed by atoms with Gasteiger partial charge in [-0.2, -0.15) is 5.10 Å². The fourth-order valence-corrected chi connectivity index (χ4v) is 4.96. The molecular formula is C34H40N6O3. The van der Waals surface area contributed by atoms with Crippen LogP contribution in [0.1, 0.15) is 71.2 Å². The highest BCUT2D eigenvalue weighted by molar-refractivity contribution is 6.00. The summed E-state index contributed by atoms with van der Waals surface area (Å²) in [4.78, 5) is 29.8. The Bertz CT molecular complexity index is 1610. The average molecular weight is 581 g/mol. The molecule has 2 aromatic heterocycles. The first kappa shape index (κ1) is 29.8. The van der Waals surface area contributed by atoms with Gasteiger partial charge in [0.15, 0.2) is 12.4 Å². The van der Waals surface area contributed by atoms with Gasteiger partial charge in [-0.05, 0) is 59.6 Å². The summed E-state index contributed by atoms with van der Waals surface area (Å²) >= 11 is 0. The van der Waals surface area contributed by atoms with Gasteiger partial charge in [0.05, 0.1) is 12.1 Å². The number of aromatic amines is 1. The monoisotopic (exact) mass is 580 g/mol. The van der Waals surface area contributed by atoms with Crippen molar-refractivity contribution in [3.63, 3.8) is 0 Å². The Kier molecular flexibility index (Phi) is 8.26. The lowest BCUT2D eigenvalue weighted by Crippen LogP contribution is -2.41. The SMILES string of the molecule is CCC(C)(C)c1ccc(OCC(=O)Nc2ccc(-c3n[nH]c4c3NN(c3ccccn3)C(=O)C4)cc2)c(C(C)(C)CC)c1. The van der Waals surface area contributed by atoms with Crippen LogP contribution >= 0.6 is 0 Å². The lowest BCUT2D eigenvalue weighted by atomic mass is 9.76. The van der Waals surface area contributed by atoms with E-state index in [4.69, 9.17) is 4.74 Å². The molecule has 224 valence electrons. The molecule has 3 heterocycles. The number of anilines is 3. The number of amides is 2. The number of carbonyl (C=O) groups excluding carboxylic acids is 2. The van der Waals surface area contributed by atoms with E-state index in [1.165, 1.54) is 10.6 Å². The molecule has 0 atom stereocenters. The number of carbonyl (C=O) groups is 2. The largest absolute Gasteiger partial charge is 0.483 e. The molecule has 3 N–H and O–H groups in total. The van der Waals surface area contributed by atoms with E-state index in [9.17, 15) is 9.59 Å². The van der Waals surface area contributed by atoms with Crippen molar-refractivity contribution in [1.82, 2.24) is 15.2 Å². The van der Waals surface area contributed by atoms with Crippen LogP contribution < -0.4 is 20.5 Å². The molecule has 9 nitrogen and oxygen atoms in total. The third-order valence-corrected chi connectivity index (χ3v) is 8.58. The van der Waals surface area contributed by atoms with Crippen LogP contribution in [0.3, 0.4) is 0 Å². The number of ether oxygens (including phenoxy) is 1. The molecule has 1 aliphatic rings. The normalized spacial score (nSPS) is 13.3. The van der Waals surface area contributed by atoms with Crippen molar-refractivity contribution >= 4 is 29.0 Å². The lowest BCUT2D eigenvalue weighted by Gasteiger charge is -2.30. The number of rotatable bonds is 10. The third-order valence-electron chi connectivity index (χ3n) is 8.58. The zero-order valence-corrected chi connectivity index (χ0v) is 25.7. The highest BCUT2D eigenvalue weighted by Gasteiger charge is 2.30. The Hall–Kier alpha value is -4.66. The van der Waals surface area contributed by atoms with Gasteiger partial charge in [0.2, 0.25) is 0 Å². The third kappa shape index (κ3) is 6.26. The van der Waals surface area contributed by atoms with Crippen molar-refractivity contribution in [1.29, 1.82) is 0 Å². The van der Waals surface area contributed by atoms with Gasteiger partial charge >= 0.3 is 0 Å². The van der Waals surface area contributed by atoms with Gasteiger partial charge in [-0.15, -0.1) is 0 Å². The summed E-state index contributed by atoms with van der Waals surface area (Å²) in [6.45, 7) is 13.2. The highest BCUT2D eigenvalue weighted by atomic mass is 16.5. The Morgan fingerprint density at radius 2 is 1.74 bits per heavy atom. The van der Waals surface area contributed by atoms with E-state index in [0.29, 0.717) is 22.9 Å². The molecule has 0 saturated heterocycles. The highest BCUT2D eigenvalue weighted by Crippen LogP contribution is 2.39. The first-order valence-corrected chi connectivity index (χ1v) is 14.8. The van der Waals surface area contributed by atoms with Crippen molar-refractivity contribution in [2.45, 2.75) is 71.6 Å². The van der Waals surface area contributed by atoms with Crippen molar-refractivity contribution in [2.75, 3.05) is 22.4 Å². The van der Waals surface area contributed by atoms with Crippen molar-refractivity contribution < 1.29 is 14.3 Å². The Morgan fingerprint density at radius 3 is 2.42 bits per heavy atom. The summed E-state index contributed by atoms with van der Waals surface area (Å²) in [5.74, 6) is 0.876. The van der Waals surface area contributed by atoms with E-state index in [1.54, 1.807) is 18.3 Å². The smallest absolute Gasteiger partial charge is 0.262 e. The average Bonchev–Trinajstić information content (AvgIpc) is 3.42. The Labute approximate surface area is 253 Å². The van der Waals surface area contributed by atoms with Crippen LogP contribution in [0.5, 0.6) is 5.75 Å². The zero-order chi connectivity index (χ0) is 30.8. The van der Waals surface area contributed by atoms with E-state index in [-0.39, 0.29) is 35.7 Å². The minimum atomic E-state index is -0.241. The predicted molar refractivity (Wildman–Crippen MR) is 170 cm³/mol. The number of hydrogen-bond acceptors (Lipinski definition) is 6. The van der Waals surface area contributed by atoms with Crippen LogP contribution in [0, 0.1) is 0 Å². The van der Waals surface area contributed by atoms with Gasteiger partial charge in [-0.1, -0.05) is 71.9 Å². The number of hydrazine groups is 1. The van der Waals surface area contributed by atoms with Gasteiger partial charge in [-0.3, -0.25) is 20.1 Å². The Balaban J connectivity index is 1.26. The summed E-state index contributed by atoms with van der Waals surface area (Å²) in [5, 5.41) is 11.8. The first-order valence-electron chi connectivity index (χ1n) is 14.8. The summed E-state index contributed by atoms with van der Waals surface area (Å²) in [6.07, 6.45) is 3.80. The quantitative estimate of drug-likeness (QED) is 0.191. The van der Waals surface area contributed by atoms with Crippen LogP contribution in [0.2, 0.25) is 0 Å². The zero-order valence-electron chi connectivity index (χ0n) is 25.7. The number of aromatic nitrogens is 3. The van der Waals surface area contributed by atoms with Gasteiger partial charge in [0.1, 0.15) is 17.1 Å². The maximum Gasteiger partial charge on any atom is 0.262 e. The number of nitrogens with zero attached hydrogens (tertiary/aromatic N) is 3. The molecule has 43 heavy (non-hydrogen) atoms. The minimum absolute atomic E-state index is 0.0574. The summed E-state index contributed by atoms with van der Waals surface area (Å²) in [5.41, 5.74) is 9.09. The molecule has 0 bridgehead atoms. The Morgan fingerprint density at radius 1 is 1.00 bits per heavy atom. The second-order valence-electron chi connectivity index (χ2n) is 12.2. The van der Waals surface area contributed by atoms with Crippen molar-refractivity contribution in [3.8, 4) is 17.0 Å². The van der Waals surface area contributed by atoms with E-state index < -0.39 is 0 Å². The fraction of sp³-hybridized carbons (Fsp3) is 0.353. The van der Waals surface area contributed by atoms with Gasteiger partial charge < -0.3 is 10.1 Å². The molecule has 5 rings (SSSR count). The maximum atomic E-state index is 12.9. The van der Waals surface area contributed by atoms with Gasteiger partial charge in [-0.25, -0.2) is 9.99 Å². The number of H-pyrrole nitrogens is 1. The van der Waals surface area contributed by atoms with E-state index >= 15 is 0 Å². The molecule has 0 unspecified atom stereocenters. The molecule has 0 saturated carbocycles. The minimum Gasteiger partial charge on any atom is -0.483 e. The first-order chi connectivity index (χ1) is 20.5. The second kappa shape index (κ2) is 11.9. The number of pyridine rings is 1. The molecule has 0 aliphatic carbocycles. The van der Waals surface area contributed by atoms with Crippen LogP contribution in [0.4, 0.5) is 17.2 Å². The van der Waals surface area contributed by atoms with Crippen molar-refractivity contribution in [2.24, 2.45) is 0 Å². The van der Waals surface area contributed by atoms with E-state index in [0.717, 1.165) is 35.4 Å². The van der Waals surface area contributed by atoms with E-state index in [2.05, 4.69) is 79.6 Å². The number of nitrogens with one attached hydrogen (secondary N) is 3. The topological polar surface area (TPSA) is 112 Å². The summed E-state index contributed by atoms with van der Waals surface area (Å²) in [7, 11) is 0. The van der Waals surface area contributed by atoms with Crippen molar-refractivity contribution in [3.05, 3.63) is 83.7 Å². The summed E-state index contributed by atoms with van der Waals surface area (Å²) in [6, 6.07) is 19.2. The van der Waals surface area contributed by atoms with E-state index in [1.807, 2.05) is 36.4 Å². The lowest BCUT2D eigenvalue weighted by molar-refractivity contribution is -0.118. The molecule has 1 aliphatic heterocycles. The summed E-state index contributed by atoms with van der Waals surface area (Å²) < 4.78 is 6.09. The second-order valence-corrected chi connectivity index (χ2v) is 12.2. The molecule has 2 aromatic carbocycles. The van der Waals surface area contributed by atoms with Gasteiger partial charge in [0, 0.05) is 23.0 Å². The van der Waals surface area contributed by atoms with Crippen LogP contribution in [-0.2, 0) is 26.8 Å². The maximum absolute atomic E-state index is 12.9. The van der Waals surface area contributed by atoms with Gasteiger partial charge in [0.25, 0.3) is 11.8 Å². The standard InChI is InChI=1S/C34H40N6O3/c1-7-33(3,4)23-14-17-27(25(19-23)34(5,6)8-2)43-21-29(41)36-24-15-12-22(13-16-24)31-32-26(37-38-31)20-30(42)40(39-32)28-11-9-10-18-35-28/h9-19,39H,7-8,20-21H2,1-6H3,(H,36,41)(H,37,38). The number of benzene rings is 2. The molecule has 2 amide bonds. The van der Waals surface area contributed by atoms with Crippen LogP contribution in [0.25, 0.3) is 11.3 Å².